The Kier molecular flexibility index (Phi) is 2.45. The van der Waals surface area contributed by atoms with E-state index in [9.17, 15) is 4.79 Å². The van der Waals surface area contributed by atoms with Crippen molar-refractivity contribution in [3.05, 3.63) is 41.0 Å². The van der Waals surface area contributed by atoms with Crippen LogP contribution in [0, 0.1) is 0 Å². The Morgan fingerprint density at radius 3 is 3.14 bits per heavy atom. The Morgan fingerprint density at radius 2 is 2.36 bits per heavy atom. The van der Waals surface area contributed by atoms with Gasteiger partial charge in [0.1, 0.15) is 5.75 Å². The molecule has 0 amide bonds. The smallest absolute Gasteiger partial charge is 0.335 e. The van der Waals surface area contributed by atoms with Crippen molar-refractivity contribution in [2.24, 2.45) is 0 Å². The third kappa shape index (κ3) is 1.75. The molecule has 0 spiro atoms. The number of hydrogen-bond acceptors (Lipinski definition) is 3. The maximum absolute atomic E-state index is 10.7. The second-order valence-electron chi connectivity index (χ2n) is 2.83. The van der Waals surface area contributed by atoms with Crippen LogP contribution in [-0.4, -0.2) is 11.1 Å². The fourth-order valence-corrected chi connectivity index (χ4v) is 1.84. The van der Waals surface area contributed by atoms with E-state index in [1.54, 1.807) is 36.2 Å². The molecule has 0 atom stereocenters. The van der Waals surface area contributed by atoms with Gasteiger partial charge in [0.15, 0.2) is 0 Å². The van der Waals surface area contributed by atoms with Gasteiger partial charge >= 0.3 is 5.97 Å². The van der Waals surface area contributed by atoms with Gasteiger partial charge in [0.05, 0.1) is 11.8 Å². The predicted molar refractivity (Wildman–Crippen MR) is 54.5 cm³/mol. The van der Waals surface area contributed by atoms with Gasteiger partial charge in [-0.25, -0.2) is 4.79 Å². The maximum Gasteiger partial charge on any atom is 0.335 e. The molecule has 1 aliphatic rings. The summed E-state index contributed by atoms with van der Waals surface area (Å²) in [5, 5.41) is 10.6. The zero-order chi connectivity index (χ0) is 9.97. The largest absolute Gasteiger partial charge is 0.478 e. The number of carbonyl (C=O) groups is 1. The number of thioether (sulfide) groups is 1. The normalized spacial score (nSPS) is 14.0. The van der Waals surface area contributed by atoms with Crippen LogP contribution in [0.3, 0.4) is 0 Å². The second-order valence-corrected chi connectivity index (χ2v) is 3.72. The number of aromatic carboxylic acids is 1. The molecule has 2 rings (SSSR count). The second kappa shape index (κ2) is 3.75. The lowest BCUT2D eigenvalue weighted by atomic mass is 10.1. The summed E-state index contributed by atoms with van der Waals surface area (Å²) in [7, 11) is 0. The van der Waals surface area contributed by atoms with E-state index in [4.69, 9.17) is 9.84 Å². The minimum Gasteiger partial charge on any atom is -0.478 e. The predicted octanol–water partition coefficient (Wildman–Crippen LogP) is 2.48. The Balaban J connectivity index is 2.41. The van der Waals surface area contributed by atoms with E-state index in [0.717, 1.165) is 11.3 Å². The molecule has 1 aromatic rings. The van der Waals surface area contributed by atoms with Gasteiger partial charge in [-0.15, -0.1) is 11.8 Å². The molecule has 0 saturated carbocycles. The number of rotatable bonds is 1. The van der Waals surface area contributed by atoms with Gasteiger partial charge in [-0.2, -0.15) is 0 Å². The van der Waals surface area contributed by atoms with Crippen LogP contribution >= 0.6 is 11.8 Å². The first-order chi connectivity index (χ1) is 6.77. The lowest BCUT2D eigenvalue weighted by Crippen LogP contribution is -1.97. The van der Waals surface area contributed by atoms with Crippen LogP contribution in [0.1, 0.15) is 15.9 Å². The third-order valence-electron chi connectivity index (χ3n) is 1.90. The van der Waals surface area contributed by atoms with E-state index in [-0.39, 0.29) is 5.56 Å². The van der Waals surface area contributed by atoms with Crippen LogP contribution in [0.4, 0.5) is 0 Å². The van der Waals surface area contributed by atoms with Crippen molar-refractivity contribution in [1.29, 1.82) is 0 Å². The molecule has 1 heterocycles. The number of carboxylic acids is 1. The van der Waals surface area contributed by atoms with Crippen LogP contribution in [0.25, 0.3) is 0 Å². The highest BCUT2D eigenvalue weighted by Crippen LogP contribution is 2.28. The van der Waals surface area contributed by atoms with E-state index in [1.807, 2.05) is 5.41 Å². The zero-order valence-corrected chi connectivity index (χ0v) is 8.08. The topological polar surface area (TPSA) is 46.5 Å². The summed E-state index contributed by atoms with van der Waals surface area (Å²) >= 11 is 1.62. The summed E-state index contributed by atoms with van der Waals surface area (Å²) in [6.07, 6.45) is 1.57. The van der Waals surface area contributed by atoms with Crippen molar-refractivity contribution >= 4 is 17.7 Å². The average Bonchev–Trinajstić information content (AvgIpc) is 2.41. The molecular weight excluding hydrogens is 200 g/mol. The summed E-state index contributed by atoms with van der Waals surface area (Å²) < 4.78 is 5.27. The molecule has 4 heteroatoms. The molecule has 0 aliphatic carbocycles. The molecule has 0 unspecified atom stereocenters. The molecule has 0 saturated heterocycles. The van der Waals surface area contributed by atoms with Gasteiger partial charge in [0.2, 0.25) is 0 Å². The molecule has 14 heavy (non-hydrogen) atoms. The molecule has 0 fully saturated rings. The maximum atomic E-state index is 10.7. The molecule has 0 aromatic heterocycles. The number of carboxylic acid groups (broad SMARTS) is 1. The zero-order valence-electron chi connectivity index (χ0n) is 7.27. The van der Waals surface area contributed by atoms with E-state index in [2.05, 4.69) is 0 Å². The SMILES string of the molecule is O=C(O)c1ccc2c(c1)OC=CSC2. The van der Waals surface area contributed by atoms with Gasteiger partial charge in [-0.1, -0.05) is 6.07 Å². The summed E-state index contributed by atoms with van der Waals surface area (Å²) in [5.41, 5.74) is 1.27. The van der Waals surface area contributed by atoms with E-state index < -0.39 is 5.97 Å². The Hall–Kier alpha value is -1.42. The van der Waals surface area contributed by atoms with Gasteiger partial charge in [0.25, 0.3) is 0 Å². The number of ether oxygens (including phenoxy) is 1. The Morgan fingerprint density at radius 1 is 1.50 bits per heavy atom. The van der Waals surface area contributed by atoms with Crippen molar-refractivity contribution < 1.29 is 14.6 Å². The molecule has 72 valence electrons. The summed E-state index contributed by atoms with van der Waals surface area (Å²) in [4.78, 5) is 10.7. The number of fused-ring (bicyclic) bond motifs is 1. The van der Waals surface area contributed by atoms with Crippen molar-refractivity contribution in [1.82, 2.24) is 0 Å². The molecule has 0 bridgehead atoms. The molecule has 0 radical (unpaired) electrons. The Bertz CT molecular complexity index is 398. The fraction of sp³-hybridized carbons (Fsp3) is 0.100. The monoisotopic (exact) mass is 208 g/mol. The van der Waals surface area contributed by atoms with Gasteiger partial charge in [-0.3, -0.25) is 0 Å². The third-order valence-corrected chi connectivity index (χ3v) is 2.68. The minimum absolute atomic E-state index is 0.254. The molecule has 1 N–H and O–H groups in total. The first-order valence-corrected chi connectivity index (χ1v) is 5.12. The number of benzene rings is 1. The summed E-state index contributed by atoms with van der Waals surface area (Å²) in [6, 6.07) is 4.93. The standard InChI is InChI=1S/C10H8O3S/c11-10(12)7-1-2-8-6-14-4-3-13-9(8)5-7/h1-5H,6H2,(H,11,12). The molecule has 1 aromatic carbocycles. The van der Waals surface area contributed by atoms with Gasteiger partial charge in [0, 0.05) is 16.7 Å². The number of hydrogen-bond donors (Lipinski definition) is 1. The van der Waals surface area contributed by atoms with Crippen molar-refractivity contribution in [2.75, 3.05) is 0 Å². The van der Waals surface area contributed by atoms with E-state index >= 15 is 0 Å². The minimum atomic E-state index is -0.933. The first-order valence-electron chi connectivity index (χ1n) is 4.07. The summed E-state index contributed by atoms with van der Waals surface area (Å²) in [6.45, 7) is 0. The van der Waals surface area contributed by atoms with Crippen molar-refractivity contribution in [3.63, 3.8) is 0 Å². The highest BCUT2D eigenvalue weighted by atomic mass is 32.2. The molecule has 1 aliphatic heterocycles. The van der Waals surface area contributed by atoms with Crippen molar-refractivity contribution in [2.45, 2.75) is 5.75 Å². The average molecular weight is 208 g/mol. The van der Waals surface area contributed by atoms with Crippen LogP contribution < -0.4 is 4.74 Å². The van der Waals surface area contributed by atoms with E-state index in [1.165, 1.54) is 0 Å². The fourth-order valence-electron chi connectivity index (χ4n) is 1.19. The van der Waals surface area contributed by atoms with Gasteiger partial charge in [-0.05, 0) is 12.1 Å². The quantitative estimate of drug-likeness (QED) is 0.770. The van der Waals surface area contributed by atoms with Crippen LogP contribution in [0.5, 0.6) is 5.75 Å². The first kappa shape index (κ1) is 9.15. The van der Waals surface area contributed by atoms with Crippen molar-refractivity contribution in [3.8, 4) is 5.75 Å². The highest BCUT2D eigenvalue weighted by Gasteiger charge is 2.10. The molecule has 3 nitrogen and oxygen atoms in total. The molecular formula is C10H8O3S. The Labute approximate surface area is 85.4 Å². The van der Waals surface area contributed by atoms with E-state index in [0.29, 0.717) is 5.75 Å². The lowest BCUT2D eigenvalue weighted by molar-refractivity contribution is 0.0696. The van der Waals surface area contributed by atoms with Crippen LogP contribution in [0.15, 0.2) is 29.9 Å². The van der Waals surface area contributed by atoms with Crippen LogP contribution in [0.2, 0.25) is 0 Å². The van der Waals surface area contributed by atoms with Crippen LogP contribution in [-0.2, 0) is 5.75 Å². The highest BCUT2D eigenvalue weighted by molar-refractivity contribution is 8.01. The van der Waals surface area contributed by atoms with Gasteiger partial charge < -0.3 is 9.84 Å². The lowest BCUT2D eigenvalue weighted by Gasteiger charge is -2.05. The summed E-state index contributed by atoms with van der Waals surface area (Å²) in [5.74, 6) is 0.509.